The lowest BCUT2D eigenvalue weighted by Crippen LogP contribution is -2.40. The number of carbonyl (C=O) groups is 4. The van der Waals surface area contributed by atoms with Crippen LogP contribution in [0.25, 0.3) is 67.1 Å². The Morgan fingerprint density at radius 2 is 0.981 bits per heavy atom. The zero-order valence-electron chi connectivity index (χ0n) is 61.1. The topological polar surface area (TPSA) is 255 Å². The van der Waals surface area contributed by atoms with Gasteiger partial charge in [0.15, 0.2) is 11.6 Å². The van der Waals surface area contributed by atoms with Crippen LogP contribution in [0, 0.1) is 19.8 Å². The van der Waals surface area contributed by atoms with Gasteiger partial charge in [-0.3, -0.25) is 24.0 Å². The number of fused-ring (bicyclic) bond motifs is 2. The number of amides is 2. The monoisotopic (exact) mass is 1430 g/mol. The third-order valence-corrected chi connectivity index (χ3v) is 19.1. The SMILES string of the molecule is CCCc1nc2c(C)cc(C(=O)N[C@@H](CC(=O)NOCc3ccccc3)Cc3ccccc3)cc2n1Cc1ccc(-c2ccccc2-c2nn[nH]n2)cc1.CCCc1nc2cc(C(=O)C[C@@H](CC(=O)COCc3ccccc3)Cc3ccccc3)cc(C)c2n1Cc1ccc(-c2ccccc2-c2nn[nH]n2)cc1. The number of hydrogen-bond acceptors (Lipinski definition) is 14. The van der Waals surface area contributed by atoms with E-state index in [1.54, 1.807) is 0 Å². The summed E-state index contributed by atoms with van der Waals surface area (Å²) in [5.41, 5.74) is 21.5. The molecule has 4 N–H and O–H groups in total. The van der Waals surface area contributed by atoms with Crippen molar-refractivity contribution in [2.75, 3.05) is 6.61 Å². The highest BCUT2D eigenvalue weighted by molar-refractivity contribution is 6.01. The fraction of sp³-hybridized carbons (Fsp3) is 0.227. The number of aromatic amines is 2. The molecule has 544 valence electrons. The number of nitrogens with one attached hydrogen (secondary N) is 4. The lowest BCUT2D eigenvalue weighted by Gasteiger charge is -2.19. The average Bonchev–Trinajstić information content (AvgIpc) is 1.61. The van der Waals surface area contributed by atoms with Gasteiger partial charge in [0.25, 0.3) is 5.91 Å². The third-order valence-electron chi connectivity index (χ3n) is 19.1. The average molecular weight is 1440 g/mol. The zero-order valence-corrected chi connectivity index (χ0v) is 61.1. The maximum atomic E-state index is 14.0. The largest absolute Gasteiger partial charge is 0.369 e. The van der Waals surface area contributed by atoms with E-state index >= 15 is 0 Å². The van der Waals surface area contributed by atoms with Crippen LogP contribution in [0.5, 0.6) is 0 Å². The number of hydrogen-bond donors (Lipinski definition) is 4. The molecule has 14 aromatic rings. The Kier molecular flexibility index (Phi) is 24.6. The van der Waals surface area contributed by atoms with Gasteiger partial charge in [-0.2, -0.15) is 10.4 Å². The van der Waals surface area contributed by atoms with E-state index in [0.29, 0.717) is 55.3 Å². The Hall–Kier alpha value is -12.5. The quantitative estimate of drug-likeness (QED) is 0.0226. The molecule has 4 aromatic heterocycles. The summed E-state index contributed by atoms with van der Waals surface area (Å²) in [5.74, 6) is 2.35. The van der Waals surface area contributed by atoms with Gasteiger partial charge in [0.1, 0.15) is 18.3 Å². The van der Waals surface area contributed by atoms with Crippen LogP contribution in [0.1, 0.15) is 123 Å². The van der Waals surface area contributed by atoms with Crippen molar-refractivity contribution in [3.63, 3.8) is 0 Å². The van der Waals surface area contributed by atoms with Crippen LogP contribution < -0.4 is 10.8 Å². The number of H-pyrrole nitrogens is 2. The van der Waals surface area contributed by atoms with E-state index in [1.807, 2.05) is 177 Å². The minimum Gasteiger partial charge on any atom is -0.369 e. The molecule has 14 rings (SSSR count). The highest BCUT2D eigenvalue weighted by Crippen LogP contribution is 2.34. The number of aromatic nitrogens is 12. The second kappa shape index (κ2) is 36.0. The van der Waals surface area contributed by atoms with E-state index in [0.717, 1.165) is 137 Å². The van der Waals surface area contributed by atoms with Gasteiger partial charge in [-0.05, 0) is 147 Å². The number of hydroxylamine groups is 1. The van der Waals surface area contributed by atoms with Crippen LogP contribution in [0.2, 0.25) is 0 Å². The van der Waals surface area contributed by atoms with Gasteiger partial charge >= 0.3 is 0 Å². The molecule has 20 nitrogen and oxygen atoms in total. The Balaban J connectivity index is 0.000000190. The summed E-state index contributed by atoms with van der Waals surface area (Å²) in [5, 5.41) is 32.4. The van der Waals surface area contributed by atoms with E-state index < -0.39 is 6.04 Å². The Bertz CT molecular complexity index is 5300. The van der Waals surface area contributed by atoms with Gasteiger partial charge in [0.2, 0.25) is 17.6 Å². The lowest BCUT2D eigenvalue weighted by molar-refractivity contribution is -0.135. The number of benzene rings is 10. The van der Waals surface area contributed by atoms with E-state index in [2.05, 4.69) is 155 Å². The molecule has 108 heavy (non-hydrogen) atoms. The highest BCUT2D eigenvalue weighted by atomic mass is 16.6. The third kappa shape index (κ3) is 18.9. The number of aryl methyl sites for hydroxylation is 4. The number of nitrogens with zero attached hydrogens (tertiary/aromatic N) is 10. The summed E-state index contributed by atoms with van der Waals surface area (Å²) in [4.78, 5) is 69.8. The molecule has 0 saturated carbocycles. The lowest BCUT2D eigenvalue weighted by atomic mass is 9.88. The smallest absolute Gasteiger partial charge is 0.251 e. The normalized spacial score (nSPS) is 11.8. The van der Waals surface area contributed by atoms with Gasteiger partial charge in [-0.1, -0.05) is 232 Å². The van der Waals surface area contributed by atoms with Crippen LogP contribution >= 0.6 is 0 Å². The first-order chi connectivity index (χ1) is 52.9. The molecule has 0 aliphatic heterocycles. The van der Waals surface area contributed by atoms with Crippen molar-refractivity contribution in [2.24, 2.45) is 5.92 Å². The first kappa shape index (κ1) is 73.8. The Morgan fingerprint density at radius 3 is 1.53 bits per heavy atom. The number of rotatable bonds is 32. The summed E-state index contributed by atoms with van der Waals surface area (Å²) < 4.78 is 10.3. The number of ketones is 2. The van der Waals surface area contributed by atoms with Gasteiger partial charge in [0.05, 0.1) is 35.3 Å². The van der Waals surface area contributed by atoms with Crippen molar-refractivity contribution in [1.29, 1.82) is 0 Å². The number of Topliss-reactive ketones (excluding diaryl/α,β-unsaturated/α-hetero) is 2. The van der Waals surface area contributed by atoms with Gasteiger partial charge in [-0.25, -0.2) is 15.4 Å². The van der Waals surface area contributed by atoms with Crippen molar-refractivity contribution in [1.82, 2.24) is 71.1 Å². The molecule has 2 atom stereocenters. The van der Waals surface area contributed by atoms with Crippen molar-refractivity contribution in [2.45, 2.75) is 118 Å². The molecule has 0 fully saturated rings. The van der Waals surface area contributed by atoms with E-state index in [4.69, 9.17) is 19.5 Å². The maximum absolute atomic E-state index is 14.0. The molecule has 0 spiro atoms. The molecule has 0 aliphatic carbocycles. The molecular weight excluding hydrogens is 1350 g/mol. The molecule has 4 heterocycles. The molecule has 0 bridgehead atoms. The van der Waals surface area contributed by atoms with Crippen molar-refractivity contribution >= 4 is 45.4 Å². The minimum absolute atomic E-state index is 0.00142. The highest BCUT2D eigenvalue weighted by Gasteiger charge is 2.25. The van der Waals surface area contributed by atoms with Crippen molar-refractivity contribution in [3.05, 3.63) is 310 Å². The van der Waals surface area contributed by atoms with Gasteiger partial charge in [-0.15, -0.1) is 20.4 Å². The second-order valence-electron chi connectivity index (χ2n) is 27.3. The van der Waals surface area contributed by atoms with Gasteiger partial charge in [0, 0.05) is 73.5 Å². The summed E-state index contributed by atoms with van der Waals surface area (Å²) >= 11 is 0. The molecular formula is C88H86N14O6. The van der Waals surface area contributed by atoms with Crippen molar-refractivity contribution in [3.8, 4) is 45.0 Å². The molecule has 0 saturated heterocycles. The molecule has 0 aliphatic rings. The van der Waals surface area contributed by atoms with Crippen LogP contribution in [-0.4, -0.2) is 96.4 Å². The molecule has 2 amide bonds. The predicted molar refractivity (Wildman–Crippen MR) is 419 cm³/mol. The Labute approximate surface area is 627 Å². The maximum Gasteiger partial charge on any atom is 0.251 e. The van der Waals surface area contributed by atoms with E-state index in [9.17, 15) is 19.2 Å². The summed E-state index contributed by atoms with van der Waals surface area (Å²) in [6, 6.07) is 79.6. The summed E-state index contributed by atoms with van der Waals surface area (Å²) in [7, 11) is 0. The summed E-state index contributed by atoms with van der Waals surface area (Å²) in [6.07, 6.45) is 5.19. The molecule has 0 unspecified atom stereocenters. The first-order valence-corrected chi connectivity index (χ1v) is 36.7. The van der Waals surface area contributed by atoms with Crippen LogP contribution in [-0.2, 0) is 71.2 Å². The zero-order chi connectivity index (χ0) is 74.6. The number of imidazole rings is 2. The second-order valence-corrected chi connectivity index (χ2v) is 27.3. The van der Waals surface area contributed by atoms with E-state index in [-0.39, 0.29) is 61.8 Å². The number of tetrazole rings is 2. The van der Waals surface area contributed by atoms with Crippen molar-refractivity contribution < 1.29 is 28.8 Å². The first-order valence-electron chi connectivity index (χ1n) is 36.7. The Morgan fingerprint density at radius 1 is 0.481 bits per heavy atom. The van der Waals surface area contributed by atoms with E-state index in [1.165, 1.54) is 0 Å². The summed E-state index contributed by atoms with van der Waals surface area (Å²) in [6.45, 7) is 10.2. The number of ether oxygens (including phenoxy) is 1. The van der Waals surface area contributed by atoms with Crippen LogP contribution in [0.3, 0.4) is 0 Å². The van der Waals surface area contributed by atoms with Crippen LogP contribution in [0.15, 0.2) is 243 Å². The molecule has 10 aromatic carbocycles. The van der Waals surface area contributed by atoms with Gasteiger partial charge < -0.3 is 19.2 Å². The van der Waals surface area contributed by atoms with Crippen LogP contribution in [0.4, 0.5) is 0 Å². The molecule has 20 heteroatoms. The standard InChI is InChI=1S/C45H44N6O3.C43H42N8O3/c1-3-12-43-46-41-27-37(42(53)26-35(24-32-13-6-4-7-14-32)25-38(52)30-54-29-34-15-8-5-9-16-34)23-31(2)44(41)51(43)28-33-19-21-36(22-20-33)39-17-10-11-18-40(39)45-47-49-50-48-45;1-3-12-39-45-41-29(2)23-34(43(53)44-35(24-30-13-6-4-7-14-30)26-40(52)48-54-28-32-15-8-5-9-16-32)25-38(41)51(39)27-31-19-21-33(22-20-31)36-17-10-11-18-37(36)42-46-49-50-47-42/h4-11,13-23,27,35H,3,12,24-26,28-30H2,1-2H3,(H,47,48,49,50);4-11,13-23,25,35H,3,12,24,26-28H2,1-2H3,(H,44,53)(H,48,52)(H,46,47,49,50)/t2*35-/m11/s1. The fourth-order valence-electron chi connectivity index (χ4n) is 14.0. The molecule has 0 radical (unpaired) electrons. The number of carbonyl (C=O) groups excluding carboxylic acids is 4. The fourth-order valence-corrected chi connectivity index (χ4v) is 14.0. The predicted octanol–water partition coefficient (Wildman–Crippen LogP) is 16.0. The minimum atomic E-state index is -0.472.